The van der Waals surface area contributed by atoms with Crippen LogP contribution in [0.4, 0.5) is 5.82 Å². The molecule has 0 N–H and O–H groups in total. The number of aromatic nitrogens is 1. The highest BCUT2D eigenvalue weighted by Gasteiger charge is 2.33. The third-order valence-corrected chi connectivity index (χ3v) is 8.09. The van der Waals surface area contributed by atoms with E-state index in [1.54, 1.807) is 9.47 Å². The van der Waals surface area contributed by atoms with Crippen molar-refractivity contribution < 1.29 is 4.79 Å². The standard InChI is InChI=1S/C27H30N4O2S2/c1-4-12-30-24(29-13-10-18(2)11-14-29)21(19(3)22(16-28)25(30)32)15-23-26(33)31(27(34)35-23)17-20-8-6-5-7-9-20/h5-9,15,18H,4,10-14,17H2,1-3H3. The number of nitrogens with zero attached hydrogens (tertiary/aromatic N) is 4. The lowest BCUT2D eigenvalue weighted by Crippen LogP contribution is -2.39. The van der Waals surface area contributed by atoms with E-state index >= 15 is 0 Å². The summed E-state index contributed by atoms with van der Waals surface area (Å²) < 4.78 is 2.25. The Hall–Kier alpha value is -2.89. The molecule has 0 radical (unpaired) electrons. The van der Waals surface area contributed by atoms with Crippen molar-refractivity contribution in [2.75, 3.05) is 18.0 Å². The van der Waals surface area contributed by atoms with Gasteiger partial charge >= 0.3 is 0 Å². The quantitative estimate of drug-likeness (QED) is 0.402. The molecule has 8 heteroatoms. The van der Waals surface area contributed by atoms with Crippen molar-refractivity contribution in [3.8, 4) is 6.07 Å². The summed E-state index contributed by atoms with van der Waals surface area (Å²) in [6, 6.07) is 11.9. The maximum absolute atomic E-state index is 13.4. The van der Waals surface area contributed by atoms with Crippen LogP contribution in [0.25, 0.3) is 6.08 Å². The van der Waals surface area contributed by atoms with Crippen molar-refractivity contribution in [3.05, 3.63) is 67.8 Å². The minimum absolute atomic E-state index is 0.138. The minimum atomic E-state index is -0.255. The van der Waals surface area contributed by atoms with Crippen LogP contribution in [0.1, 0.15) is 55.4 Å². The van der Waals surface area contributed by atoms with Crippen LogP contribution in [0, 0.1) is 24.2 Å². The second-order valence-corrected chi connectivity index (χ2v) is 10.9. The second kappa shape index (κ2) is 10.8. The molecule has 1 aromatic heterocycles. The van der Waals surface area contributed by atoms with E-state index in [-0.39, 0.29) is 17.0 Å². The molecule has 35 heavy (non-hydrogen) atoms. The lowest BCUT2D eigenvalue weighted by Gasteiger charge is -2.35. The lowest BCUT2D eigenvalue weighted by atomic mass is 9.97. The molecule has 0 bridgehead atoms. The average molecular weight is 507 g/mol. The molecule has 0 aliphatic carbocycles. The molecule has 182 valence electrons. The number of thioether (sulfide) groups is 1. The van der Waals surface area contributed by atoms with E-state index < -0.39 is 0 Å². The van der Waals surface area contributed by atoms with E-state index in [9.17, 15) is 14.9 Å². The molecule has 0 unspecified atom stereocenters. The topological polar surface area (TPSA) is 69.3 Å². The zero-order chi connectivity index (χ0) is 25.1. The number of carbonyl (C=O) groups excluding carboxylic acids is 1. The predicted octanol–water partition coefficient (Wildman–Crippen LogP) is 5.08. The highest BCUT2D eigenvalue weighted by Crippen LogP contribution is 2.37. The van der Waals surface area contributed by atoms with Crippen molar-refractivity contribution in [1.29, 1.82) is 5.26 Å². The average Bonchev–Trinajstić information content (AvgIpc) is 3.11. The number of amides is 1. The van der Waals surface area contributed by atoms with Gasteiger partial charge in [0.15, 0.2) is 0 Å². The summed E-state index contributed by atoms with van der Waals surface area (Å²) in [5, 5.41) is 9.81. The van der Waals surface area contributed by atoms with Gasteiger partial charge in [-0.1, -0.05) is 68.2 Å². The maximum atomic E-state index is 13.4. The number of rotatable bonds is 6. The molecule has 2 aliphatic heterocycles. The van der Waals surface area contributed by atoms with Gasteiger partial charge in [-0.2, -0.15) is 5.26 Å². The fraction of sp³-hybridized carbons (Fsp3) is 0.407. The molecule has 0 spiro atoms. The summed E-state index contributed by atoms with van der Waals surface area (Å²) in [5.41, 5.74) is 2.27. The monoisotopic (exact) mass is 506 g/mol. The van der Waals surface area contributed by atoms with Gasteiger partial charge < -0.3 is 4.90 Å². The number of benzene rings is 1. The molecule has 1 aromatic carbocycles. The van der Waals surface area contributed by atoms with Crippen LogP contribution >= 0.6 is 24.0 Å². The Morgan fingerprint density at radius 3 is 2.51 bits per heavy atom. The number of hydrogen-bond acceptors (Lipinski definition) is 6. The summed E-state index contributed by atoms with van der Waals surface area (Å²) in [4.78, 5) is 31.1. The van der Waals surface area contributed by atoms with Crippen molar-refractivity contribution in [2.24, 2.45) is 5.92 Å². The number of nitriles is 1. The first-order valence-corrected chi connectivity index (χ1v) is 13.3. The number of carbonyl (C=O) groups is 1. The van der Waals surface area contributed by atoms with Crippen LogP contribution < -0.4 is 10.5 Å². The third-order valence-electron chi connectivity index (χ3n) is 6.71. The Morgan fingerprint density at radius 2 is 1.89 bits per heavy atom. The van der Waals surface area contributed by atoms with Crippen molar-refractivity contribution in [3.63, 3.8) is 0 Å². The summed E-state index contributed by atoms with van der Waals surface area (Å²) in [7, 11) is 0. The summed E-state index contributed by atoms with van der Waals surface area (Å²) in [5.74, 6) is 1.30. The van der Waals surface area contributed by atoms with Gasteiger partial charge in [-0.15, -0.1) is 0 Å². The summed E-state index contributed by atoms with van der Waals surface area (Å²) >= 11 is 6.84. The smallest absolute Gasteiger partial charge is 0.270 e. The fourth-order valence-electron chi connectivity index (χ4n) is 4.67. The van der Waals surface area contributed by atoms with Crippen LogP contribution in [0.2, 0.25) is 0 Å². The molecule has 2 aromatic rings. The number of thiocarbonyl (C=S) groups is 1. The predicted molar refractivity (Wildman–Crippen MR) is 146 cm³/mol. The highest BCUT2D eigenvalue weighted by atomic mass is 32.2. The van der Waals surface area contributed by atoms with E-state index in [2.05, 4.69) is 17.9 Å². The Balaban J connectivity index is 1.82. The lowest BCUT2D eigenvalue weighted by molar-refractivity contribution is -0.122. The number of pyridine rings is 1. The third kappa shape index (κ3) is 5.07. The second-order valence-electron chi connectivity index (χ2n) is 9.23. The Morgan fingerprint density at radius 1 is 1.20 bits per heavy atom. The van der Waals surface area contributed by atoms with Gasteiger partial charge in [-0.05, 0) is 49.3 Å². The van der Waals surface area contributed by atoms with Crippen LogP contribution in [-0.2, 0) is 17.9 Å². The van der Waals surface area contributed by atoms with Gasteiger partial charge in [0, 0.05) is 25.2 Å². The SMILES string of the molecule is CCCn1c(N2CCC(C)CC2)c(C=C2SC(=S)N(Cc3ccccc3)C2=O)c(C)c(C#N)c1=O. The highest BCUT2D eigenvalue weighted by molar-refractivity contribution is 8.26. The Labute approximate surface area is 216 Å². The first kappa shape index (κ1) is 25.2. The molecule has 2 saturated heterocycles. The zero-order valence-corrected chi connectivity index (χ0v) is 22.0. The van der Waals surface area contributed by atoms with E-state index in [0.29, 0.717) is 33.8 Å². The van der Waals surface area contributed by atoms with Gasteiger partial charge in [0.2, 0.25) is 0 Å². The molecule has 1 amide bonds. The summed E-state index contributed by atoms with van der Waals surface area (Å²) in [6.45, 7) is 8.69. The molecule has 0 atom stereocenters. The van der Waals surface area contributed by atoms with Crippen molar-refractivity contribution in [1.82, 2.24) is 9.47 Å². The first-order valence-electron chi connectivity index (χ1n) is 12.1. The molecule has 2 aliphatic rings. The van der Waals surface area contributed by atoms with Crippen LogP contribution in [0.15, 0.2) is 40.0 Å². The van der Waals surface area contributed by atoms with Crippen LogP contribution in [0.5, 0.6) is 0 Å². The van der Waals surface area contributed by atoms with Gasteiger partial charge in [0.1, 0.15) is 21.8 Å². The Bertz CT molecular complexity index is 1270. The summed E-state index contributed by atoms with van der Waals surface area (Å²) in [6.07, 6.45) is 4.69. The van der Waals surface area contributed by atoms with Gasteiger partial charge in [0.05, 0.1) is 11.4 Å². The number of hydrogen-bond donors (Lipinski definition) is 0. The van der Waals surface area contributed by atoms with E-state index in [1.807, 2.05) is 50.3 Å². The largest absolute Gasteiger partial charge is 0.357 e. The van der Waals surface area contributed by atoms with Gasteiger partial charge in [0.25, 0.3) is 11.5 Å². The molecule has 2 fully saturated rings. The van der Waals surface area contributed by atoms with E-state index in [1.165, 1.54) is 11.8 Å². The molecule has 6 nitrogen and oxygen atoms in total. The number of piperidine rings is 1. The van der Waals surface area contributed by atoms with Crippen molar-refractivity contribution in [2.45, 2.75) is 53.1 Å². The maximum Gasteiger partial charge on any atom is 0.270 e. The van der Waals surface area contributed by atoms with Crippen molar-refractivity contribution >= 4 is 46.1 Å². The molecule has 0 saturated carbocycles. The van der Waals surface area contributed by atoms with E-state index in [4.69, 9.17) is 12.2 Å². The molecular formula is C27H30N4O2S2. The fourth-order valence-corrected chi connectivity index (χ4v) is 5.91. The Kier molecular flexibility index (Phi) is 7.78. The van der Waals surface area contributed by atoms with Gasteiger partial charge in [-0.3, -0.25) is 19.1 Å². The first-order chi connectivity index (χ1) is 16.8. The van der Waals surface area contributed by atoms with Gasteiger partial charge in [-0.25, -0.2) is 0 Å². The van der Waals surface area contributed by atoms with Crippen LogP contribution in [-0.4, -0.2) is 32.8 Å². The van der Waals surface area contributed by atoms with Crippen LogP contribution in [0.3, 0.4) is 0 Å². The molecular weight excluding hydrogens is 476 g/mol. The minimum Gasteiger partial charge on any atom is -0.357 e. The molecule has 3 heterocycles. The normalized spacial score (nSPS) is 17.9. The molecule has 4 rings (SSSR count). The number of anilines is 1. The van der Waals surface area contributed by atoms with E-state index in [0.717, 1.165) is 49.3 Å². The zero-order valence-electron chi connectivity index (χ0n) is 20.4.